The number of nitrogens with zero attached hydrogens (tertiary/aromatic N) is 2. The van der Waals surface area contributed by atoms with Crippen LogP contribution in [-0.4, -0.2) is 21.4 Å². The average molecular weight is 447 g/mol. The molecule has 0 N–H and O–H groups in total. The Bertz CT molecular complexity index is 1270. The number of halogens is 3. The first-order valence-corrected chi connectivity index (χ1v) is 10.9. The van der Waals surface area contributed by atoms with Gasteiger partial charge in [0.1, 0.15) is 5.82 Å². The Morgan fingerprint density at radius 1 is 1.03 bits per heavy atom. The molecule has 8 heteroatoms. The monoisotopic (exact) mass is 446 g/mol. The van der Waals surface area contributed by atoms with Gasteiger partial charge in [0.2, 0.25) is 0 Å². The number of benzene rings is 2. The van der Waals surface area contributed by atoms with Crippen molar-refractivity contribution < 1.29 is 13.4 Å². The molecule has 3 aromatic rings. The molecule has 1 amide bonds. The van der Waals surface area contributed by atoms with Crippen molar-refractivity contribution in [2.45, 2.75) is 4.90 Å². The third kappa shape index (κ3) is 5.64. The van der Waals surface area contributed by atoms with E-state index in [0.29, 0.717) is 21.2 Å². The van der Waals surface area contributed by atoms with Gasteiger partial charge >= 0.3 is 0 Å². The minimum atomic E-state index is -3.07. The van der Waals surface area contributed by atoms with Gasteiger partial charge in [0.15, 0.2) is 0 Å². The molecule has 1 atom stereocenters. The lowest BCUT2D eigenvalue weighted by Gasteiger charge is -2.05. The predicted octanol–water partition coefficient (Wildman–Crippen LogP) is 5.22. The van der Waals surface area contributed by atoms with Crippen LogP contribution in [0.25, 0.3) is 0 Å². The summed E-state index contributed by atoms with van der Waals surface area (Å²) in [6, 6.07) is 11.7. The SMILES string of the molecule is CS(=O)(=NC(=O)c1cncc(C#Cc2cccc(F)c2)c1)c1cc(Cl)cc(Cl)c1. The molecule has 0 fully saturated rings. The predicted molar refractivity (Wildman–Crippen MR) is 112 cm³/mol. The number of aromatic nitrogens is 1. The highest BCUT2D eigenvalue weighted by molar-refractivity contribution is 7.93. The Morgan fingerprint density at radius 3 is 2.41 bits per heavy atom. The first-order valence-electron chi connectivity index (χ1n) is 8.18. The van der Waals surface area contributed by atoms with Crippen LogP contribution in [0.1, 0.15) is 21.5 Å². The lowest BCUT2D eigenvalue weighted by Crippen LogP contribution is -2.04. The van der Waals surface area contributed by atoms with Crippen LogP contribution in [0.3, 0.4) is 0 Å². The van der Waals surface area contributed by atoms with Gasteiger partial charge in [0.25, 0.3) is 5.91 Å². The van der Waals surface area contributed by atoms with Gasteiger partial charge < -0.3 is 0 Å². The topological polar surface area (TPSA) is 59.4 Å². The fraction of sp³-hybridized carbons (Fsp3) is 0.0476. The molecule has 1 unspecified atom stereocenters. The van der Waals surface area contributed by atoms with Crippen molar-refractivity contribution in [3.05, 3.63) is 93.5 Å². The van der Waals surface area contributed by atoms with Crippen molar-refractivity contribution in [2.75, 3.05) is 6.26 Å². The lowest BCUT2D eigenvalue weighted by atomic mass is 10.1. The van der Waals surface area contributed by atoms with Crippen LogP contribution in [0.15, 0.2) is 70.2 Å². The number of rotatable bonds is 2. The number of carbonyl (C=O) groups is 1. The highest BCUT2D eigenvalue weighted by Gasteiger charge is 2.13. The summed E-state index contributed by atoms with van der Waals surface area (Å²) >= 11 is 11.9. The maximum absolute atomic E-state index is 13.2. The molecule has 0 aliphatic heterocycles. The zero-order valence-corrected chi connectivity index (χ0v) is 17.4. The minimum absolute atomic E-state index is 0.124. The molecular formula is C21H13Cl2FN2O2S. The summed E-state index contributed by atoms with van der Waals surface area (Å²) in [4.78, 5) is 16.7. The Morgan fingerprint density at radius 2 is 1.72 bits per heavy atom. The first-order chi connectivity index (χ1) is 13.7. The summed E-state index contributed by atoms with van der Waals surface area (Å²) in [5, 5.41) is 0.585. The van der Waals surface area contributed by atoms with E-state index < -0.39 is 21.5 Å². The molecule has 0 aliphatic carbocycles. The van der Waals surface area contributed by atoms with Crippen molar-refractivity contribution >= 4 is 38.8 Å². The standard InChI is InChI=1S/C21H13Cl2FN2O2S/c1-29(28,20-10-17(22)9-18(23)11-20)26-21(27)16-7-15(12-25-13-16)6-5-14-3-2-4-19(24)8-14/h2-4,7-13H,1H3. The molecule has 2 aromatic carbocycles. The first kappa shape index (κ1) is 21.0. The fourth-order valence-electron chi connectivity index (χ4n) is 2.35. The van der Waals surface area contributed by atoms with E-state index in [1.807, 2.05) is 0 Å². The summed E-state index contributed by atoms with van der Waals surface area (Å²) in [5.74, 6) is 4.51. The summed E-state index contributed by atoms with van der Waals surface area (Å²) in [7, 11) is -3.07. The number of hydrogen-bond donors (Lipinski definition) is 0. The van der Waals surface area contributed by atoms with Crippen LogP contribution >= 0.6 is 23.2 Å². The van der Waals surface area contributed by atoms with Gasteiger partial charge in [-0.2, -0.15) is 4.36 Å². The molecule has 0 aliphatic rings. The van der Waals surface area contributed by atoms with Crippen molar-refractivity contribution in [1.82, 2.24) is 4.98 Å². The maximum atomic E-state index is 13.2. The van der Waals surface area contributed by atoms with Gasteiger partial charge in [-0.3, -0.25) is 9.78 Å². The molecule has 0 spiro atoms. The summed E-state index contributed by atoms with van der Waals surface area (Å²) in [6.07, 6.45) is 4.09. The zero-order valence-electron chi connectivity index (χ0n) is 15.0. The van der Waals surface area contributed by atoms with Crippen LogP contribution in [0, 0.1) is 17.7 Å². The van der Waals surface area contributed by atoms with Crippen molar-refractivity contribution in [1.29, 1.82) is 0 Å². The second-order valence-electron chi connectivity index (χ2n) is 6.03. The molecule has 0 saturated carbocycles. The van der Waals surface area contributed by atoms with Gasteiger partial charge in [-0.25, -0.2) is 8.60 Å². The van der Waals surface area contributed by atoms with Gasteiger partial charge in [-0.05, 0) is 42.5 Å². The molecule has 0 radical (unpaired) electrons. The van der Waals surface area contributed by atoms with E-state index in [0.717, 1.165) is 0 Å². The molecule has 0 bridgehead atoms. The minimum Gasteiger partial charge on any atom is -0.266 e. The third-order valence-corrected chi connectivity index (χ3v) is 5.75. The Hall–Kier alpha value is -2.72. The smallest absolute Gasteiger partial charge is 0.266 e. The van der Waals surface area contributed by atoms with Crippen LogP contribution in [0.4, 0.5) is 4.39 Å². The molecule has 1 heterocycles. The number of hydrogen-bond acceptors (Lipinski definition) is 3. The van der Waals surface area contributed by atoms with Gasteiger partial charge in [-0.15, -0.1) is 0 Å². The second kappa shape index (κ2) is 8.75. The largest absolute Gasteiger partial charge is 0.286 e. The second-order valence-corrected chi connectivity index (χ2v) is 9.16. The highest BCUT2D eigenvalue weighted by Crippen LogP contribution is 2.23. The molecule has 1 aromatic heterocycles. The van der Waals surface area contributed by atoms with Crippen LogP contribution in [0.2, 0.25) is 10.0 Å². The van der Waals surface area contributed by atoms with Gasteiger partial charge in [0, 0.05) is 39.8 Å². The van der Waals surface area contributed by atoms with Crippen molar-refractivity contribution in [3.63, 3.8) is 0 Å². The quantitative estimate of drug-likeness (QED) is 0.506. The number of pyridine rings is 1. The van der Waals surface area contributed by atoms with Crippen LogP contribution < -0.4 is 0 Å². The van der Waals surface area contributed by atoms with E-state index in [1.165, 1.54) is 55.0 Å². The summed E-state index contributed by atoms with van der Waals surface area (Å²) in [6.45, 7) is 0. The van der Waals surface area contributed by atoms with E-state index >= 15 is 0 Å². The van der Waals surface area contributed by atoms with E-state index in [-0.39, 0.29) is 10.5 Å². The maximum Gasteiger partial charge on any atom is 0.286 e. The molecule has 146 valence electrons. The van der Waals surface area contributed by atoms with Crippen molar-refractivity contribution in [3.8, 4) is 11.8 Å². The van der Waals surface area contributed by atoms with E-state index in [9.17, 15) is 13.4 Å². The zero-order chi connectivity index (χ0) is 21.0. The average Bonchev–Trinajstić information content (AvgIpc) is 2.65. The Balaban J connectivity index is 1.91. The number of amides is 1. The Labute approximate surface area is 177 Å². The fourth-order valence-corrected chi connectivity index (χ4v) is 4.22. The molecular weight excluding hydrogens is 434 g/mol. The van der Waals surface area contributed by atoms with Gasteiger partial charge in [-0.1, -0.05) is 41.1 Å². The van der Waals surface area contributed by atoms with E-state index in [2.05, 4.69) is 21.2 Å². The third-order valence-electron chi connectivity index (χ3n) is 3.69. The van der Waals surface area contributed by atoms with E-state index in [4.69, 9.17) is 23.2 Å². The molecule has 3 rings (SSSR count). The van der Waals surface area contributed by atoms with Gasteiger partial charge in [0.05, 0.1) is 20.2 Å². The summed E-state index contributed by atoms with van der Waals surface area (Å²) in [5.41, 5.74) is 1.04. The van der Waals surface area contributed by atoms with E-state index in [1.54, 1.807) is 12.1 Å². The van der Waals surface area contributed by atoms with Crippen LogP contribution in [-0.2, 0) is 9.73 Å². The molecule has 0 saturated heterocycles. The molecule has 4 nitrogen and oxygen atoms in total. The normalized spacial score (nSPS) is 12.4. The summed E-state index contributed by atoms with van der Waals surface area (Å²) < 4.78 is 30.0. The number of carbonyl (C=O) groups excluding carboxylic acids is 1. The van der Waals surface area contributed by atoms with Crippen molar-refractivity contribution in [2.24, 2.45) is 4.36 Å². The highest BCUT2D eigenvalue weighted by atomic mass is 35.5. The Kier molecular flexibility index (Phi) is 6.33. The lowest BCUT2D eigenvalue weighted by molar-refractivity contribution is 0.100. The molecule has 29 heavy (non-hydrogen) atoms. The van der Waals surface area contributed by atoms with Crippen LogP contribution in [0.5, 0.6) is 0 Å².